The number of hydrogen-bond donors (Lipinski definition) is 1. The molecular weight excluding hydrogens is 214 g/mol. The quantitative estimate of drug-likeness (QED) is 0.789. The van der Waals surface area contributed by atoms with E-state index in [1.54, 1.807) is 16.0 Å². The van der Waals surface area contributed by atoms with Gasteiger partial charge in [-0.2, -0.15) is 5.10 Å². The average molecular weight is 223 g/mol. The molecule has 3 nitrogen and oxygen atoms in total. The van der Waals surface area contributed by atoms with Crippen LogP contribution in [0.4, 0.5) is 0 Å². The third-order valence-electron chi connectivity index (χ3n) is 1.85. The summed E-state index contributed by atoms with van der Waals surface area (Å²) in [6.45, 7) is 0. The lowest BCUT2D eigenvalue weighted by Crippen LogP contribution is -2.09. The Bertz CT molecular complexity index is 456. The molecule has 0 radical (unpaired) electrons. The predicted octanol–water partition coefficient (Wildman–Crippen LogP) is 1.78. The van der Waals surface area contributed by atoms with Gasteiger partial charge in [0.25, 0.3) is 0 Å². The van der Waals surface area contributed by atoms with Crippen molar-refractivity contribution in [2.24, 2.45) is 12.8 Å². The van der Waals surface area contributed by atoms with Crippen molar-refractivity contribution in [1.29, 1.82) is 0 Å². The molecule has 0 aromatic carbocycles. The van der Waals surface area contributed by atoms with Gasteiger partial charge in [-0.05, 0) is 11.4 Å². The van der Waals surface area contributed by atoms with Gasteiger partial charge in [0.05, 0.1) is 10.4 Å². The second-order valence-corrected chi connectivity index (χ2v) is 4.29. The van der Waals surface area contributed by atoms with Crippen molar-refractivity contribution in [2.75, 3.05) is 0 Å². The summed E-state index contributed by atoms with van der Waals surface area (Å²) in [5.41, 5.74) is 7.33. The lowest BCUT2D eigenvalue weighted by atomic mass is 10.2. The summed E-state index contributed by atoms with van der Waals surface area (Å²) in [5, 5.41) is 6.34. The number of nitrogens with zero attached hydrogens (tertiary/aromatic N) is 2. The van der Waals surface area contributed by atoms with E-state index in [0.717, 1.165) is 16.1 Å². The summed E-state index contributed by atoms with van der Waals surface area (Å²) in [6, 6.07) is 3.99. The van der Waals surface area contributed by atoms with Crippen LogP contribution < -0.4 is 5.73 Å². The minimum absolute atomic E-state index is 0.390. The van der Waals surface area contributed by atoms with E-state index in [0.29, 0.717) is 4.99 Å². The summed E-state index contributed by atoms with van der Waals surface area (Å²) < 4.78 is 1.73. The zero-order chi connectivity index (χ0) is 10.1. The fraction of sp³-hybridized carbons (Fsp3) is 0.111. The number of aromatic nitrogens is 2. The maximum absolute atomic E-state index is 5.62. The van der Waals surface area contributed by atoms with E-state index in [4.69, 9.17) is 18.0 Å². The van der Waals surface area contributed by atoms with E-state index >= 15 is 0 Å². The van der Waals surface area contributed by atoms with Crippen molar-refractivity contribution in [1.82, 2.24) is 9.78 Å². The molecule has 0 atom stereocenters. The average Bonchev–Trinajstić information content (AvgIpc) is 2.70. The molecule has 2 aromatic rings. The van der Waals surface area contributed by atoms with E-state index in [-0.39, 0.29) is 0 Å². The molecule has 2 heterocycles. The van der Waals surface area contributed by atoms with Crippen LogP contribution in [0.15, 0.2) is 23.7 Å². The molecule has 2 aromatic heterocycles. The third kappa shape index (κ3) is 1.56. The van der Waals surface area contributed by atoms with Crippen LogP contribution >= 0.6 is 23.6 Å². The largest absolute Gasteiger partial charge is 0.389 e. The van der Waals surface area contributed by atoms with Gasteiger partial charge >= 0.3 is 0 Å². The van der Waals surface area contributed by atoms with E-state index in [1.807, 2.05) is 30.8 Å². The SMILES string of the molecule is Cn1cc(C(N)=S)c(-c2cccs2)n1. The molecule has 2 rings (SSSR count). The minimum Gasteiger partial charge on any atom is -0.389 e. The molecule has 72 valence electrons. The van der Waals surface area contributed by atoms with Gasteiger partial charge in [-0.3, -0.25) is 4.68 Å². The Hall–Kier alpha value is -1.20. The number of thiophene rings is 1. The molecular formula is C9H9N3S2. The van der Waals surface area contributed by atoms with Crippen molar-refractivity contribution in [3.63, 3.8) is 0 Å². The van der Waals surface area contributed by atoms with Crippen LogP contribution in [0.2, 0.25) is 0 Å². The standard InChI is InChI=1S/C9H9N3S2/c1-12-5-6(9(10)13)8(11-12)7-3-2-4-14-7/h2-5H,1H3,(H2,10,13). The molecule has 0 aliphatic heterocycles. The molecule has 0 spiro atoms. The van der Waals surface area contributed by atoms with Crippen LogP contribution in [0.5, 0.6) is 0 Å². The van der Waals surface area contributed by atoms with E-state index < -0.39 is 0 Å². The summed E-state index contributed by atoms with van der Waals surface area (Å²) in [7, 11) is 1.86. The van der Waals surface area contributed by atoms with Gasteiger partial charge in [0.15, 0.2) is 0 Å². The monoisotopic (exact) mass is 223 g/mol. The fourth-order valence-electron chi connectivity index (χ4n) is 1.26. The van der Waals surface area contributed by atoms with Crippen molar-refractivity contribution < 1.29 is 0 Å². The highest BCUT2D eigenvalue weighted by molar-refractivity contribution is 7.80. The first kappa shape index (κ1) is 9.36. The zero-order valence-electron chi connectivity index (χ0n) is 7.60. The lowest BCUT2D eigenvalue weighted by molar-refractivity contribution is 0.771. The molecule has 0 unspecified atom stereocenters. The van der Waals surface area contributed by atoms with E-state index in [2.05, 4.69) is 5.10 Å². The zero-order valence-corrected chi connectivity index (χ0v) is 9.23. The molecule has 5 heteroatoms. The maximum atomic E-state index is 5.62. The summed E-state index contributed by atoms with van der Waals surface area (Å²) in [4.78, 5) is 1.48. The van der Waals surface area contributed by atoms with E-state index in [9.17, 15) is 0 Å². The minimum atomic E-state index is 0.390. The van der Waals surface area contributed by atoms with Crippen molar-refractivity contribution in [3.05, 3.63) is 29.3 Å². The third-order valence-corrected chi connectivity index (χ3v) is 2.95. The number of hydrogen-bond acceptors (Lipinski definition) is 3. The smallest absolute Gasteiger partial charge is 0.112 e. The lowest BCUT2D eigenvalue weighted by Gasteiger charge is -1.95. The van der Waals surface area contributed by atoms with Crippen LogP contribution in [0.3, 0.4) is 0 Å². The maximum Gasteiger partial charge on any atom is 0.112 e. The van der Waals surface area contributed by atoms with Crippen LogP contribution in [0.1, 0.15) is 5.56 Å². The molecule has 0 saturated heterocycles. The first-order chi connectivity index (χ1) is 6.68. The number of thiocarbonyl (C=S) groups is 1. The number of nitrogens with two attached hydrogens (primary N) is 1. The van der Waals surface area contributed by atoms with Crippen LogP contribution in [0.25, 0.3) is 10.6 Å². The Morgan fingerprint density at radius 2 is 2.43 bits per heavy atom. The Kier molecular flexibility index (Phi) is 2.35. The van der Waals surface area contributed by atoms with Crippen LogP contribution in [-0.2, 0) is 7.05 Å². The Morgan fingerprint density at radius 1 is 1.64 bits per heavy atom. The number of aryl methyl sites for hydroxylation is 1. The molecule has 0 saturated carbocycles. The highest BCUT2D eigenvalue weighted by Crippen LogP contribution is 2.26. The first-order valence-corrected chi connectivity index (χ1v) is 5.34. The molecule has 2 N–H and O–H groups in total. The molecule has 0 aliphatic rings. The van der Waals surface area contributed by atoms with E-state index in [1.165, 1.54) is 0 Å². The van der Waals surface area contributed by atoms with Gasteiger partial charge in [-0.25, -0.2) is 0 Å². The van der Waals surface area contributed by atoms with Gasteiger partial charge in [-0.1, -0.05) is 18.3 Å². The van der Waals surface area contributed by atoms with Gasteiger partial charge in [0.1, 0.15) is 10.7 Å². The molecule has 14 heavy (non-hydrogen) atoms. The Balaban J connectivity index is 2.58. The Morgan fingerprint density at radius 3 is 3.00 bits per heavy atom. The van der Waals surface area contributed by atoms with Gasteiger partial charge in [0, 0.05) is 13.2 Å². The topological polar surface area (TPSA) is 43.8 Å². The van der Waals surface area contributed by atoms with Gasteiger partial charge < -0.3 is 5.73 Å². The first-order valence-electron chi connectivity index (χ1n) is 4.06. The summed E-state index contributed by atoms with van der Waals surface area (Å²) >= 11 is 6.60. The van der Waals surface area contributed by atoms with Crippen molar-refractivity contribution in [3.8, 4) is 10.6 Å². The second-order valence-electron chi connectivity index (χ2n) is 2.91. The van der Waals surface area contributed by atoms with Gasteiger partial charge in [0.2, 0.25) is 0 Å². The normalized spacial score (nSPS) is 10.4. The molecule has 0 amide bonds. The summed E-state index contributed by atoms with van der Waals surface area (Å²) in [5.74, 6) is 0. The van der Waals surface area contributed by atoms with Gasteiger partial charge in [-0.15, -0.1) is 11.3 Å². The van der Waals surface area contributed by atoms with Crippen LogP contribution in [0, 0.1) is 0 Å². The predicted molar refractivity (Wildman–Crippen MR) is 62.4 cm³/mol. The van der Waals surface area contributed by atoms with Crippen LogP contribution in [-0.4, -0.2) is 14.8 Å². The molecule has 0 fully saturated rings. The Labute approximate surface area is 91.2 Å². The second kappa shape index (κ2) is 3.51. The number of rotatable bonds is 2. The van der Waals surface area contributed by atoms with Crippen molar-refractivity contribution in [2.45, 2.75) is 0 Å². The fourth-order valence-corrected chi connectivity index (χ4v) is 2.14. The highest BCUT2D eigenvalue weighted by atomic mass is 32.1. The highest BCUT2D eigenvalue weighted by Gasteiger charge is 2.12. The molecule has 0 bridgehead atoms. The molecule has 0 aliphatic carbocycles. The summed E-state index contributed by atoms with van der Waals surface area (Å²) in [6.07, 6.45) is 1.84. The van der Waals surface area contributed by atoms with Crippen molar-refractivity contribution >= 4 is 28.5 Å².